The largest absolute Gasteiger partial charge is 0.340 e. The van der Waals surface area contributed by atoms with Crippen LogP contribution >= 0.6 is 12.2 Å². The summed E-state index contributed by atoms with van der Waals surface area (Å²) < 4.78 is 2.54. The molecular formula is C11H10N6S. The van der Waals surface area contributed by atoms with Gasteiger partial charge in [-0.3, -0.25) is 5.10 Å². The molecule has 4 rings (SSSR count). The molecule has 1 aliphatic carbocycles. The number of fused-ring (bicyclic) bond motifs is 1. The van der Waals surface area contributed by atoms with Gasteiger partial charge in [0.05, 0.1) is 6.33 Å². The minimum atomic E-state index is 0.632. The molecule has 0 aliphatic heterocycles. The topological polar surface area (TPSA) is 75.2 Å². The first kappa shape index (κ1) is 9.95. The average Bonchev–Trinajstić information content (AvgIpc) is 2.98. The van der Waals surface area contributed by atoms with Crippen LogP contribution in [-0.2, 0) is 0 Å². The Morgan fingerprint density at radius 1 is 1.28 bits per heavy atom. The summed E-state index contributed by atoms with van der Waals surface area (Å²) in [6, 6.07) is 2.01. The number of aromatic nitrogens is 6. The maximum absolute atomic E-state index is 5.38. The van der Waals surface area contributed by atoms with E-state index in [2.05, 4.69) is 25.0 Å². The van der Waals surface area contributed by atoms with Crippen LogP contribution < -0.4 is 0 Å². The SMILES string of the molecule is S=c1cc(C2CC2)[nH]n1-c1ncnc2nc[nH]c12. The number of imidazole rings is 1. The first-order chi connectivity index (χ1) is 8.83. The molecule has 0 amide bonds. The lowest BCUT2D eigenvalue weighted by molar-refractivity contribution is 0.807. The van der Waals surface area contributed by atoms with E-state index in [0.717, 1.165) is 16.0 Å². The highest BCUT2D eigenvalue weighted by molar-refractivity contribution is 7.71. The minimum absolute atomic E-state index is 0.632. The Balaban J connectivity index is 1.96. The maximum atomic E-state index is 5.38. The molecule has 0 radical (unpaired) electrons. The van der Waals surface area contributed by atoms with Crippen LogP contribution in [0.5, 0.6) is 0 Å². The van der Waals surface area contributed by atoms with Crippen molar-refractivity contribution in [2.45, 2.75) is 18.8 Å². The molecule has 2 N–H and O–H groups in total. The second kappa shape index (κ2) is 3.49. The van der Waals surface area contributed by atoms with E-state index in [-0.39, 0.29) is 0 Å². The summed E-state index contributed by atoms with van der Waals surface area (Å²) in [5, 5.41) is 3.32. The molecular weight excluding hydrogens is 248 g/mol. The molecule has 0 bridgehead atoms. The van der Waals surface area contributed by atoms with Crippen molar-refractivity contribution in [2.75, 3.05) is 0 Å². The maximum Gasteiger partial charge on any atom is 0.182 e. The van der Waals surface area contributed by atoms with Crippen LogP contribution in [0.3, 0.4) is 0 Å². The molecule has 0 aromatic carbocycles. The minimum Gasteiger partial charge on any atom is -0.340 e. The predicted octanol–water partition coefficient (Wildman–Crippen LogP) is 2.08. The molecule has 0 unspecified atom stereocenters. The van der Waals surface area contributed by atoms with E-state index in [9.17, 15) is 0 Å². The van der Waals surface area contributed by atoms with Crippen LogP contribution in [0.1, 0.15) is 24.5 Å². The van der Waals surface area contributed by atoms with Gasteiger partial charge in [0.1, 0.15) is 16.5 Å². The van der Waals surface area contributed by atoms with E-state index in [0.29, 0.717) is 11.6 Å². The summed E-state index contributed by atoms with van der Waals surface area (Å²) in [6.45, 7) is 0. The van der Waals surface area contributed by atoms with Crippen LogP contribution in [0.15, 0.2) is 18.7 Å². The molecule has 0 saturated heterocycles. The van der Waals surface area contributed by atoms with Crippen LogP contribution in [0.4, 0.5) is 0 Å². The van der Waals surface area contributed by atoms with Gasteiger partial charge in [0.15, 0.2) is 11.5 Å². The van der Waals surface area contributed by atoms with Crippen molar-refractivity contribution in [3.8, 4) is 5.82 Å². The summed E-state index contributed by atoms with van der Waals surface area (Å²) >= 11 is 5.38. The number of rotatable bonds is 2. The van der Waals surface area contributed by atoms with Gasteiger partial charge >= 0.3 is 0 Å². The number of nitrogens with zero attached hydrogens (tertiary/aromatic N) is 4. The van der Waals surface area contributed by atoms with Crippen molar-refractivity contribution in [1.29, 1.82) is 0 Å². The van der Waals surface area contributed by atoms with Gasteiger partial charge in [-0.15, -0.1) is 0 Å². The van der Waals surface area contributed by atoms with Crippen molar-refractivity contribution < 1.29 is 0 Å². The second-order valence-corrected chi connectivity index (χ2v) is 4.88. The van der Waals surface area contributed by atoms with Crippen molar-refractivity contribution in [3.05, 3.63) is 29.1 Å². The van der Waals surface area contributed by atoms with Crippen LogP contribution in [0.25, 0.3) is 17.0 Å². The third kappa shape index (κ3) is 1.40. The van der Waals surface area contributed by atoms with Crippen LogP contribution in [0, 0.1) is 4.64 Å². The number of hydrogen-bond donors (Lipinski definition) is 2. The van der Waals surface area contributed by atoms with E-state index >= 15 is 0 Å². The van der Waals surface area contributed by atoms with E-state index < -0.39 is 0 Å². The van der Waals surface area contributed by atoms with Gasteiger partial charge in [-0.05, 0) is 18.9 Å². The lowest BCUT2D eigenvalue weighted by Gasteiger charge is -2.02. The fraction of sp³-hybridized carbons (Fsp3) is 0.273. The summed E-state index contributed by atoms with van der Waals surface area (Å²) in [6.07, 6.45) is 5.58. The number of nitrogens with one attached hydrogen (secondary N) is 2. The first-order valence-electron chi connectivity index (χ1n) is 5.79. The third-order valence-electron chi connectivity index (χ3n) is 3.17. The van der Waals surface area contributed by atoms with Gasteiger partial charge in [0.25, 0.3) is 0 Å². The van der Waals surface area contributed by atoms with E-state index in [1.807, 2.05) is 10.7 Å². The van der Waals surface area contributed by atoms with E-state index in [4.69, 9.17) is 12.2 Å². The molecule has 1 saturated carbocycles. The Morgan fingerprint density at radius 2 is 2.17 bits per heavy atom. The Kier molecular flexibility index (Phi) is 1.93. The van der Waals surface area contributed by atoms with Gasteiger partial charge < -0.3 is 4.98 Å². The zero-order valence-corrected chi connectivity index (χ0v) is 10.2. The number of hydrogen-bond acceptors (Lipinski definition) is 4. The Labute approximate surface area is 107 Å². The average molecular weight is 258 g/mol. The fourth-order valence-corrected chi connectivity index (χ4v) is 2.36. The Bertz CT molecular complexity index is 778. The molecule has 3 heterocycles. The smallest absolute Gasteiger partial charge is 0.182 e. The van der Waals surface area contributed by atoms with Gasteiger partial charge in [-0.25, -0.2) is 19.6 Å². The standard InChI is InChI=1S/C11H10N6S/c18-8-3-7(6-1-2-6)16-17(8)11-9-10(13-4-12-9)14-5-15-11/h3-6,16H,1-2H2,(H,12,13,14,15). The van der Waals surface area contributed by atoms with E-state index in [1.165, 1.54) is 24.9 Å². The number of aromatic amines is 2. The highest BCUT2D eigenvalue weighted by Gasteiger charge is 2.26. The molecule has 1 aliphatic rings. The summed E-state index contributed by atoms with van der Waals surface area (Å²) in [7, 11) is 0. The Hall–Kier alpha value is -2.02. The molecule has 18 heavy (non-hydrogen) atoms. The molecule has 6 nitrogen and oxygen atoms in total. The molecule has 7 heteroatoms. The lowest BCUT2D eigenvalue weighted by Crippen LogP contribution is -2.02. The molecule has 3 aromatic rings. The van der Waals surface area contributed by atoms with Crippen molar-refractivity contribution in [1.82, 2.24) is 29.7 Å². The highest BCUT2D eigenvalue weighted by atomic mass is 32.1. The quantitative estimate of drug-likeness (QED) is 0.690. The molecule has 90 valence electrons. The third-order valence-corrected chi connectivity index (χ3v) is 3.47. The second-order valence-electron chi connectivity index (χ2n) is 4.46. The predicted molar refractivity (Wildman–Crippen MR) is 68.2 cm³/mol. The number of H-pyrrole nitrogens is 2. The zero-order chi connectivity index (χ0) is 12.1. The van der Waals surface area contributed by atoms with Crippen molar-refractivity contribution in [3.63, 3.8) is 0 Å². The van der Waals surface area contributed by atoms with Gasteiger partial charge in [0, 0.05) is 11.6 Å². The molecule has 3 aromatic heterocycles. The molecule has 0 spiro atoms. The fourth-order valence-electron chi connectivity index (χ4n) is 2.10. The van der Waals surface area contributed by atoms with Crippen LogP contribution in [0.2, 0.25) is 0 Å². The normalized spacial score (nSPS) is 15.3. The molecule has 1 fully saturated rings. The van der Waals surface area contributed by atoms with Gasteiger partial charge in [-0.1, -0.05) is 12.2 Å². The van der Waals surface area contributed by atoms with Gasteiger partial charge in [-0.2, -0.15) is 0 Å². The summed E-state index contributed by atoms with van der Waals surface area (Å²) in [5.74, 6) is 1.35. The van der Waals surface area contributed by atoms with E-state index in [1.54, 1.807) is 6.33 Å². The lowest BCUT2D eigenvalue weighted by atomic mass is 10.3. The van der Waals surface area contributed by atoms with Crippen molar-refractivity contribution >= 4 is 23.4 Å². The monoisotopic (exact) mass is 258 g/mol. The van der Waals surface area contributed by atoms with Gasteiger partial charge in [0.2, 0.25) is 0 Å². The summed E-state index contributed by atoms with van der Waals surface area (Å²) in [4.78, 5) is 15.5. The van der Waals surface area contributed by atoms with Crippen LogP contribution in [-0.4, -0.2) is 29.7 Å². The first-order valence-corrected chi connectivity index (χ1v) is 6.20. The Morgan fingerprint density at radius 3 is 3.00 bits per heavy atom. The molecule has 0 atom stereocenters. The zero-order valence-electron chi connectivity index (χ0n) is 9.42. The highest BCUT2D eigenvalue weighted by Crippen LogP contribution is 2.39. The summed E-state index contributed by atoms with van der Waals surface area (Å²) in [5.41, 5.74) is 2.62. The van der Waals surface area contributed by atoms with Crippen molar-refractivity contribution in [2.24, 2.45) is 0 Å².